The van der Waals surface area contributed by atoms with Gasteiger partial charge >= 0.3 is 5.97 Å². The maximum Gasteiger partial charge on any atom is 0.339 e. The van der Waals surface area contributed by atoms with Crippen molar-refractivity contribution in [3.8, 4) is 0 Å². The molecular formula is C17H14ClFN2O4. The van der Waals surface area contributed by atoms with Crippen molar-refractivity contribution < 1.29 is 23.5 Å². The van der Waals surface area contributed by atoms with Gasteiger partial charge in [0.05, 0.1) is 23.4 Å². The van der Waals surface area contributed by atoms with Gasteiger partial charge in [-0.15, -0.1) is 0 Å². The van der Waals surface area contributed by atoms with Gasteiger partial charge < -0.3 is 15.4 Å². The van der Waals surface area contributed by atoms with Gasteiger partial charge in [0.25, 0.3) is 0 Å². The van der Waals surface area contributed by atoms with Gasteiger partial charge in [-0.1, -0.05) is 23.7 Å². The molecule has 0 fully saturated rings. The zero-order chi connectivity index (χ0) is 18.4. The number of ether oxygens (including phenoxy) is 1. The molecule has 0 atom stereocenters. The molecule has 0 aliphatic carbocycles. The Morgan fingerprint density at radius 1 is 1.08 bits per heavy atom. The van der Waals surface area contributed by atoms with Crippen molar-refractivity contribution in [1.29, 1.82) is 0 Å². The van der Waals surface area contributed by atoms with Gasteiger partial charge in [-0.2, -0.15) is 0 Å². The molecule has 2 aromatic rings. The summed E-state index contributed by atoms with van der Waals surface area (Å²) in [5, 5.41) is 4.76. The third-order valence-electron chi connectivity index (χ3n) is 3.13. The Bertz CT molecular complexity index is 826. The number of nitrogens with one attached hydrogen (secondary N) is 2. The lowest BCUT2D eigenvalue weighted by Gasteiger charge is -2.10. The second-order valence-corrected chi connectivity index (χ2v) is 5.35. The Labute approximate surface area is 147 Å². The lowest BCUT2D eigenvalue weighted by molar-refractivity contribution is -0.123. The number of carbonyl (C=O) groups excluding carboxylic acids is 3. The lowest BCUT2D eigenvalue weighted by atomic mass is 10.1. The van der Waals surface area contributed by atoms with Crippen LogP contribution in [0.5, 0.6) is 0 Å². The van der Waals surface area contributed by atoms with Gasteiger partial charge in [0.15, 0.2) is 0 Å². The minimum Gasteiger partial charge on any atom is -0.465 e. The summed E-state index contributed by atoms with van der Waals surface area (Å²) in [6, 6.07) is 9.91. The molecule has 0 heterocycles. The van der Waals surface area contributed by atoms with Crippen molar-refractivity contribution in [1.82, 2.24) is 0 Å². The predicted octanol–water partition coefficient (Wildman–Crippen LogP) is 3.23. The average molecular weight is 365 g/mol. The number of benzene rings is 2. The number of methoxy groups -OCH3 is 1. The Balaban J connectivity index is 1.99. The van der Waals surface area contributed by atoms with E-state index in [4.69, 9.17) is 11.6 Å². The van der Waals surface area contributed by atoms with Crippen molar-refractivity contribution in [3.05, 3.63) is 58.9 Å². The van der Waals surface area contributed by atoms with E-state index < -0.39 is 30.0 Å². The van der Waals surface area contributed by atoms with Crippen LogP contribution in [0.2, 0.25) is 5.02 Å². The molecule has 6 nitrogen and oxygen atoms in total. The van der Waals surface area contributed by atoms with Crippen LogP contribution in [-0.2, 0) is 14.3 Å². The maximum absolute atomic E-state index is 13.1. The summed E-state index contributed by atoms with van der Waals surface area (Å²) in [6.45, 7) is 0. The molecule has 0 aliphatic heterocycles. The van der Waals surface area contributed by atoms with Crippen molar-refractivity contribution in [2.24, 2.45) is 0 Å². The summed E-state index contributed by atoms with van der Waals surface area (Å²) in [5.74, 6) is -2.46. The van der Waals surface area contributed by atoms with Crippen LogP contribution in [-0.4, -0.2) is 24.9 Å². The number of para-hydroxylation sites is 1. The highest BCUT2D eigenvalue weighted by atomic mass is 35.5. The smallest absolute Gasteiger partial charge is 0.339 e. The molecule has 0 saturated heterocycles. The first-order valence-electron chi connectivity index (χ1n) is 7.13. The maximum atomic E-state index is 13.1. The molecule has 0 unspecified atom stereocenters. The largest absolute Gasteiger partial charge is 0.465 e. The Morgan fingerprint density at radius 2 is 1.76 bits per heavy atom. The van der Waals surface area contributed by atoms with Crippen LogP contribution in [0, 0.1) is 5.82 Å². The van der Waals surface area contributed by atoms with Crippen LogP contribution in [0.3, 0.4) is 0 Å². The molecule has 0 aliphatic rings. The first kappa shape index (κ1) is 18.4. The highest BCUT2D eigenvalue weighted by molar-refractivity contribution is 6.31. The molecule has 0 spiro atoms. The highest BCUT2D eigenvalue weighted by Crippen LogP contribution is 2.20. The Morgan fingerprint density at radius 3 is 2.44 bits per heavy atom. The topological polar surface area (TPSA) is 84.5 Å². The van der Waals surface area contributed by atoms with Gasteiger partial charge in [-0.3, -0.25) is 9.59 Å². The number of hydrogen-bond acceptors (Lipinski definition) is 4. The van der Waals surface area contributed by atoms with E-state index in [1.165, 1.54) is 31.4 Å². The van der Waals surface area contributed by atoms with Crippen LogP contribution in [0.15, 0.2) is 42.5 Å². The standard InChI is InChI=1S/C17H14ClFN2O4/c1-25-17(24)11-4-2-3-5-14(11)21-16(23)9-15(22)20-10-6-7-13(19)12(18)8-10/h2-8H,9H2,1H3,(H,20,22)(H,21,23). The lowest BCUT2D eigenvalue weighted by Crippen LogP contribution is -2.22. The predicted molar refractivity (Wildman–Crippen MR) is 91.1 cm³/mol. The number of halogens is 2. The van der Waals surface area contributed by atoms with E-state index >= 15 is 0 Å². The molecule has 0 bridgehead atoms. The van der Waals surface area contributed by atoms with E-state index in [-0.39, 0.29) is 22.0 Å². The summed E-state index contributed by atoms with van der Waals surface area (Å²) in [4.78, 5) is 35.5. The highest BCUT2D eigenvalue weighted by Gasteiger charge is 2.15. The molecule has 2 amide bonds. The fourth-order valence-electron chi connectivity index (χ4n) is 2.00. The van der Waals surface area contributed by atoms with E-state index in [0.717, 1.165) is 6.07 Å². The fourth-order valence-corrected chi connectivity index (χ4v) is 2.18. The molecule has 25 heavy (non-hydrogen) atoms. The molecular weight excluding hydrogens is 351 g/mol. The summed E-state index contributed by atoms with van der Waals surface area (Å²) in [5.41, 5.74) is 0.667. The first-order chi connectivity index (χ1) is 11.9. The number of esters is 1. The third-order valence-corrected chi connectivity index (χ3v) is 3.42. The summed E-state index contributed by atoms with van der Waals surface area (Å²) in [7, 11) is 1.22. The van der Waals surface area contributed by atoms with Crippen molar-refractivity contribution in [3.63, 3.8) is 0 Å². The van der Waals surface area contributed by atoms with Gasteiger partial charge in [0.1, 0.15) is 12.2 Å². The minimum absolute atomic E-state index is 0.144. The number of amides is 2. The molecule has 130 valence electrons. The van der Waals surface area contributed by atoms with Crippen LogP contribution in [0.4, 0.5) is 15.8 Å². The molecule has 0 saturated carbocycles. The van der Waals surface area contributed by atoms with Gasteiger partial charge in [0, 0.05) is 5.69 Å². The van der Waals surface area contributed by atoms with Crippen molar-refractivity contribution >= 4 is 40.8 Å². The molecule has 2 rings (SSSR count). The van der Waals surface area contributed by atoms with Crippen LogP contribution < -0.4 is 10.6 Å². The van der Waals surface area contributed by atoms with Crippen molar-refractivity contribution in [2.45, 2.75) is 6.42 Å². The molecule has 0 aromatic heterocycles. The Hall–Kier alpha value is -2.93. The monoisotopic (exact) mass is 364 g/mol. The van der Waals surface area contributed by atoms with E-state index in [2.05, 4.69) is 15.4 Å². The van der Waals surface area contributed by atoms with Crippen LogP contribution in [0.1, 0.15) is 16.8 Å². The second-order valence-electron chi connectivity index (χ2n) is 4.94. The normalized spacial score (nSPS) is 10.0. The quantitative estimate of drug-likeness (QED) is 0.630. The van der Waals surface area contributed by atoms with Gasteiger partial charge in [-0.05, 0) is 30.3 Å². The minimum atomic E-state index is -0.623. The van der Waals surface area contributed by atoms with E-state index in [9.17, 15) is 18.8 Å². The first-order valence-corrected chi connectivity index (χ1v) is 7.50. The Kier molecular flexibility index (Phi) is 6.08. The number of carbonyl (C=O) groups is 3. The van der Waals surface area contributed by atoms with E-state index in [0.29, 0.717) is 0 Å². The zero-order valence-corrected chi connectivity index (χ0v) is 13.9. The summed E-state index contributed by atoms with van der Waals surface area (Å²) >= 11 is 5.62. The zero-order valence-electron chi connectivity index (χ0n) is 13.1. The average Bonchev–Trinajstić information content (AvgIpc) is 2.57. The number of hydrogen-bond donors (Lipinski definition) is 2. The second kappa shape index (κ2) is 8.25. The SMILES string of the molecule is COC(=O)c1ccccc1NC(=O)CC(=O)Nc1ccc(F)c(Cl)c1. The van der Waals surface area contributed by atoms with Crippen molar-refractivity contribution in [2.75, 3.05) is 17.7 Å². The number of rotatable bonds is 5. The van der Waals surface area contributed by atoms with Gasteiger partial charge in [-0.25, -0.2) is 9.18 Å². The molecule has 0 radical (unpaired) electrons. The van der Waals surface area contributed by atoms with Crippen LogP contribution >= 0.6 is 11.6 Å². The fraction of sp³-hybridized carbons (Fsp3) is 0.118. The summed E-state index contributed by atoms with van der Waals surface area (Å²) < 4.78 is 17.7. The number of anilines is 2. The van der Waals surface area contributed by atoms with Crippen LogP contribution in [0.25, 0.3) is 0 Å². The molecule has 2 aromatic carbocycles. The van der Waals surface area contributed by atoms with E-state index in [1.807, 2.05) is 0 Å². The van der Waals surface area contributed by atoms with E-state index in [1.54, 1.807) is 12.1 Å². The third kappa shape index (κ3) is 5.02. The van der Waals surface area contributed by atoms with Gasteiger partial charge in [0.2, 0.25) is 11.8 Å². The summed E-state index contributed by atoms with van der Waals surface area (Å²) in [6.07, 6.45) is -0.496. The molecule has 8 heteroatoms. The molecule has 2 N–H and O–H groups in total.